The van der Waals surface area contributed by atoms with Crippen LogP contribution in [-0.4, -0.2) is 30.2 Å². The summed E-state index contributed by atoms with van der Waals surface area (Å²) in [5.74, 6) is 1.48. The number of aliphatic hydroxyl groups excluding tert-OH is 1. The first-order chi connectivity index (χ1) is 11.5. The number of carbonyl (C=O) groups excluding carboxylic acids is 1. The van der Waals surface area contributed by atoms with Crippen LogP contribution in [0.4, 0.5) is 5.82 Å². The van der Waals surface area contributed by atoms with Gasteiger partial charge in [-0.3, -0.25) is 4.79 Å². The molecule has 1 aromatic heterocycles. The molecule has 24 heavy (non-hydrogen) atoms. The van der Waals surface area contributed by atoms with Gasteiger partial charge in [-0.2, -0.15) is 0 Å². The maximum Gasteiger partial charge on any atom is 0.225 e. The number of rotatable bonds is 7. The number of nitrogens with one attached hydrogen (secondary N) is 1. The fraction of sp³-hybridized carbons (Fsp3) is 0.333. The van der Waals surface area contributed by atoms with Crippen LogP contribution in [0.2, 0.25) is 0 Å². The predicted octanol–water partition coefficient (Wildman–Crippen LogP) is 2.86. The van der Waals surface area contributed by atoms with Gasteiger partial charge in [0.05, 0.1) is 20.3 Å². The van der Waals surface area contributed by atoms with Crippen LogP contribution in [0.25, 0.3) is 0 Å². The molecule has 0 saturated heterocycles. The molecule has 1 amide bonds. The molecule has 0 saturated carbocycles. The monoisotopic (exact) mass is 330 g/mol. The van der Waals surface area contributed by atoms with Crippen molar-refractivity contribution in [3.8, 4) is 11.5 Å². The standard InChI is InChI=1S/C18H22N2O4/c1-12-4-8-17(19-11-12)20-18(22)9-7-15(21)14-6-5-13(23-2)10-16(14)24-3/h4-6,8,10-11,15,21H,7,9H2,1-3H3,(H,19,20,22). The van der Waals surface area contributed by atoms with Crippen molar-refractivity contribution in [1.29, 1.82) is 0 Å². The summed E-state index contributed by atoms with van der Waals surface area (Å²) in [7, 11) is 3.09. The van der Waals surface area contributed by atoms with Crippen LogP contribution in [0.3, 0.4) is 0 Å². The summed E-state index contributed by atoms with van der Waals surface area (Å²) >= 11 is 0. The van der Waals surface area contributed by atoms with Crippen LogP contribution < -0.4 is 14.8 Å². The molecule has 128 valence electrons. The molecule has 1 aromatic carbocycles. The van der Waals surface area contributed by atoms with Gasteiger partial charge in [-0.15, -0.1) is 0 Å². The lowest BCUT2D eigenvalue weighted by atomic mass is 10.0. The third-order valence-corrected chi connectivity index (χ3v) is 3.62. The van der Waals surface area contributed by atoms with Crippen LogP contribution >= 0.6 is 0 Å². The van der Waals surface area contributed by atoms with Crippen molar-refractivity contribution in [2.75, 3.05) is 19.5 Å². The van der Waals surface area contributed by atoms with Gasteiger partial charge in [-0.1, -0.05) is 6.07 Å². The Morgan fingerprint density at radius 2 is 2.04 bits per heavy atom. The highest BCUT2D eigenvalue weighted by Crippen LogP contribution is 2.31. The maximum atomic E-state index is 12.0. The van der Waals surface area contributed by atoms with Crippen molar-refractivity contribution in [3.63, 3.8) is 0 Å². The Kier molecular flexibility index (Phi) is 6.14. The first-order valence-corrected chi connectivity index (χ1v) is 7.66. The van der Waals surface area contributed by atoms with Gasteiger partial charge in [0.2, 0.25) is 5.91 Å². The molecule has 2 N–H and O–H groups in total. The average molecular weight is 330 g/mol. The van der Waals surface area contributed by atoms with Crippen LogP contribution in [0.1, 0.15) is 30.1 Å². The van der Waals surface area contributed by atoms with Gasteiger partial charge in [0.25, 0.3) is 0 Å². The summed E-state index contributed by atoms with van der Waals surface area (Å²) in [6.45, 7) is 1.93. The molecular formula is C18H22N2O4. The lowest BCUT2D eigenvalue weighted by Crippen LogP contribution is -2.14. The van der Waals surface area contributed by atoms with E-state index in [4.69, 9.17) is 9.47 Å². The van der Waals surface area contributed by atoms with Crippen molar-refractivity contribution in [1.82, 2.24) is 4.98 Å². The zero-order chi connectivity index (χ0) is 17.5. The number of hydrogen-bond donors (Lipinski definition) is 2. The Bertz CT molecular complexity index is 686. The van der Waals surface area contributed by atoms with E-state index in [1.165, 1.54) is 7.11 Å². The SMILES string of the molecule is COc1ccc(C(O)CCC(=O)Nc2ccc(C)cn2)c(OC)c1. The van der Waals surface area contributed by atoms with E-state index in [0.29, 0.717) is 22.9 Å². The summed E-state index contributed by atoms with van der Waals surface area (Å²) in [4.78, 5) is 16.1. The normalized spacial score (nSPS) is 11.7. The second kappa shape index (κ2) is 8.31. The highest BCUT2D eigenvalue weighted by molar-refractivity contribution is 5.89. The molecule has 0 spiro atoms. The summed E-state index contributed by atoms with van der Waals surface area (Å²) < 4.78 is 10.4. The van der Waals surface area contributed by atoms with Gasteiger partial charge in [0, 0.05) is 24.2 Å². The van der Waals surface area contributed by atoms with Crippen molar-refractivity contribution in [3.05, 3.63) is 47.7 Å². The average Bonchev–Trinajstić information content (AvgIpc) is 2.61. The van der Waals surface area contributed by atoms with Crippen LogP contribution in [0.15, 0.2) is 36.5 Å². The number of ether oxygens (including phenoxy) is 2. The Balaban J connectivity index is 1.93. The summed E-state index contributed by atoms with van der Waals surface area (Å²) in [5.41, 5.74) is 1.65. The number of benzene rings is 1. The molecule has 0 aliphatic carbocycles. The smallest absolute Gasteiger partial charge is 0.225 e. The molecule has 1 heterocycles. The van der Waals surface area contributed by atoms with Gasteiger partial charge in [-0.25, -0.2) is 4.98 Å². The Morgan fingerprint density at radius 1 is 1.25 bits per heavy atom. The first-order valence-electron chi connectivity index (χ1n) is 7.66. The van der Waals surface area contributed by atoms with Gasteiger partial charge >= 0.3 is 0 Å². The summed E-state index contributed by atoms with van der Waals surface area (Å²) in [5, 5.41) is 13.0. The van der Waals surface area contributed by atoms with E-state index in [1.807, 2.05) is 13.0 Å². The van der Waals surface area contributed by atoms with Gasteiger partial charge in [0.1, 0.15) is 17.3 Å². The lowest BCUT2D eigenvalue weighted by Gasteiger charge is -2.15. The minimum absolute atomic E-state index is 0.173. The summed E-state index contributed by atoms with van der Waals surface area (Å²) in [6, 6.07) is 8.81. The molecule has 0 bridgehead atoms. The van der Waals surface area contributed by atoms with E-state index in [2.05, 4.69) is 10.3 Å². The van der Waals surface area contributed by atoms with E-state index in [1.54, 1.807) is 37.6 Å². The minimum atomic E-state index is -0.803. The van der Waals surface area contributed by atoms with Crippen molar-refractivity contribution in [2.45, 2.75) is 25.9 Å². The van der Waals surface area contributed by atoms with Crippen LogP contribution in [0.5, 0.6) is 11.5 Å². The number of anilines is 1. The highest BCUT2D eigenvalue weighted by Gasteiger charge is 2.16. The first kappa shape index (κ1) is 17.7. The molecule has 2 aromatic rings. The molecule has 0 aliphatic heterocycles. The number of pyridine rings is 1. The van der Waals surface area contributed by atoms with Gasteiger partial charge in [-0.05, 0) is 37.1 Å². The second-order valence-corrected chi connectivity index (χ2v) is 5.43. The Labute approximate surface area is 141 Å². The molecule has 6 heteroatoms. The fourth-order valence-corrected chi connectivity index (χ4v) is 2.26. The van der Waals surface area contributed by atoms with E-state index < -0.39 is 6.10 Å². The zero-order valence-electron chi connectivity index (χ0n) is 14.1. The van der Waals surface area contributed by atoms with Gasteiger partial charge in [0.15, 0.2) is 0 Å². The number of nitrogens with zero attached hydrogens (tertiary/aromatic N) is 1. The zero-order valence-corrected chi connectivity index (χ0v) is 14.1. The lowest BCUT2D eigenvalue weighted by molar-refractivity contribution is -0.116. The van der Waals surface area contributed by atoms with E-state index in [-0.39, 0.29) is 18.7 Å². The number of carbonyl (C=O) groups is 1. The number of aryl methyl sites for hydroxylation is 1. The molecule has 6 nitrogen and oxygen atoms in total. The molecule has 0 aliphatic rings. The van der Waals surface area contributed by atoms with Crippen molar-refractivity contribution >= 4 is 11.7 Å². The van der Waals surface area contributed by atoms with E-state index in [9.17, 15) is 9.90 Å². The molecule has 0 fully saturated rings. The van der Waals surface area contributed by atoms with Gasteiger partial charge < -0.3 is 19.9 Å². The largest absolute Gasteiger partial charge is 0.497 e. The molecule has 1 unspecified atom stereocenters. The Hall–Kier alpha value is -2.60. The predicted molar refractivity (Wildman–Crippen MR) is 91.3 cm³/mol. The number of aliphatic hydroxyl groups is 1. The number of amides is 1. The van der Waals surface area contributed by atoms with Crippen LogP contribution in [0, 0.1) is 6.92 Å². The highest BCUT2D eigenvalue weighted by atomic mass is 16.5. The second-order valence-electron chi connectivity index (χ2n) is 5.43. The van der Waals surface area contributed by atoms with Crippen LogP contribution in [-0.2, 0) is 4.79 Å². The minimum Gasteiger partial charge on any atom is -0.497 e. The van der Waals surface area contributed by atoms with E-state index in [0.717, 1.165) is 5.56 Å². The third kappa shape index (κ3) is 4.70. The van der Waals surface area contributed by atoms with E-state index >= 15 is 0 Å². The Morgan fingerprint density at radius 3 is 2.67 bits per heavy atom. The summed E-state index contributed by atoms with van der Waals surface area (Å²) in [6.07, 6.45) is 1.33. The molecule has 1 atom stereocenters. The number of methoxy groups -OCH3 is 2. The van der Waals surface area contributed by atoms with Crippen molar-refractivity contribution in [2.24, 2.45) is 0 Å². The molecule has 2 rings (SSSR count). The topological polar surface area (TPSA) is 80.7 Å². The third-order valence-electron chi connectivity index (χ3n) is 3.62. The quantitative estimate of drug-likeness (QED) is 0.816. The number of hydrogen-bond acceptors (Lipinski definition) is 5. The molecular weight excluding hydrogens is 308 g/mol. The van der Waals surface area contributed by atoms with Crippen molar-refractivity contribution < 1.29 is 19.4 Å². The number of aromatic nitrogens is 1. The maximum absolute atomic E-state index is 12.0. The molecule has 0 radical (unpaired) electrons. The fourth-order valence-electron chi connectivity index (χ4n) is 2.26.